The van der Waals surface area contributed by atoms with Gasteiger partial charge in [0.25, 0.3) is 0 Å². The molecule has 2 heteroatoms. The average Bonchev–Trinajstić information content (AvgIpc) is 2.13. The highest BCUT2D eigenvalue weighted by Crippen LogP contribution is 2.67. The van der Waals surface area contributed by atoms with Crippen LogP contribution >= 0.6 is 0 Å². The highest BCUT2D eigenvalue weighted by molar-refractivity contribution is 5.65. The molecule has 0 N–H and O–H groups in total. The van der Waals surface area contributed by atoms with Crippen molar-refractivity contribution in [1.82, 2.24) is 0 Å². The summed E-state index contributed by atoms with van der Waals surface area (Å²) in [7, 11) is 0. The molecule has 0 heterocycles. The SMILES string of the molecule is CCC12C[C@H]3C[C@H](C1)CC(CC(=O)[O-])(C3)C2. The third-order valence-electron chi connectivity index (χ3n) is 5.57. The van der Waals surface area contributed by atoms with E-state index < -0.39 is 5.97 Å². The molecule has 4 aliphatic rings. The van der Waals surface area contributed by atoms with E-state index in [4.69, 9.17) is 0 Å². The first kappa shape index (κ1) is 10.6. The largest absolute Gasteiger partial charge is 0.550 e. The van der Waals surface area contributed by atoms with E-state index in [1.807, 2.05) is 0 Å². The normalized spacial score (nSPS) is 49.6. The minimum atomic E-state index is -0.826. The van der Waals surface area contributed by atoms with Gasteiger partial charge in [-0.05, 0) is 67.6 Å². The third kappa shape index (κ3) is 1.49. The van der Waals surface area contributed by atoms with E-state index in [0.29, 0.717) is 11.8 Å². The molecule has 4 aliphatic carbocycles. The smallest absolute Gasteiger partial charge is 0.0419 e. The zero-order chi connectivity index (χ0) is 11.4. The van der Waals surface area contributed by atoms with Gasteiger partial charge in [0, 0.05) is 5.97 Å². The van der Waals surface area contributed by atoms with Gasteiger partial charge >= 0.3 is 0 Å². The Hall–Kier alpha value is -0.530. The first-order valence-corrected chi connectivity index (χ1v) is 6.75. The number of hydrogen-bond acceptors (Lipinski definition) is 2. The fraction of sp³-hybridized carbons (Fsp3) is 0.929. The van der Waals surface area contributed by atoms with Gasteiger partial charge in [0.05, 0.1) is 0 Å². The van der Waals surface area contributed by atoms with Crippen LogP contribution in [0.2, 0.25) is 0 Å². The molecule has 0 aromatic heterocycles. The van der Waals surface area contributed by atoms with Gasteiger partial charge in [-0.3, -0.25) is 0 Å². The van der Waals surface area contributed by atoms with Crippen molar-refractivity contribution in [2.45, 2.75) is 58.3 Å². The van der Waals surface area contributed by atoms with E-state index >= 15 is 0 Å². The Balaban J connectivity index is 1.89. The predicted molar refractivity (Wildman–Crippen MR) is 59.5 cm³/mol. The van der Waals surface area contributed by atoms with Crippen LogP contribution < -0.4 is 5.11 Å². The standard InChI is InChI=1S/C14H22O2/c1-2-13-4-10-3-11(5-13)7-14(6-10,9-13)8-12(15)16/h10-11H,2-9H2,1H3,(H,15,16)/p-1/t10-,11-,13?,14?/m1/s1. The van der Waals surface area contributed by atoms with Gasteiger partial charge in [-0.25, -0.2) is 0 Å². The van der Waals surface area contributed by atoms with E-state index in [1.165, 1.54) is 38.5 Å². The Morgan fingerprint density at radius 2 is 1.75 bits per heavy atom. The topological polar surface area (TPSA) is 40.1 Å². The van der Waals surface area contributed by atoms with Crippen LogP contribution in [0.25, 0.3) is 0 Å². The maximum Gasteiger partial charge on any atom is 0.0419 e. The Kier molecular flexibility index (Phi) is 2.15. The summed E-state index contributed by atoms with van der Waals surface area (Å²) in [6.07, 6.45) is 9.17. The van der Waals surface area contributed by atoms with Crippen LogP contribution in [-0.4, -0.2) is 5.97 Å². The average molecular weight is 221 g/mol. The Morgan fingerprint density at radius 3 is 2.25 bits per heavy atom. The number of carbonyl (C=O) groups excluding carboxylic acids is 1. The molecule has 0 saturated heterocycles. The first-order valence-electron chi connectivity index (χ1n) is 6.75. The minimum absolute atomic E-state index is 0.124. The third-order valence-corrected chi connectivity index (χ3v) is 5.57. The molecule has 0 aromatic carbocycles. The van der Waals surface area contributed by atoms with Gasteiger partial charge in [-0.2, -0.15) is 0 Å². The number of carbonyl (C=O) groups is 1. The second kappa shape index (κ2) is 3.24. The van der Waals surface area contributed by atoms with Gasteiger partial charge < -0.3 is 9.90 Å². The van der Waals surface area contributed by atoms with Crippen LogP contribution in [0.3, 0.4) is 0 Å². The molecule has 0 spiro atoms. The zero-order valence-corrected chi connectivity index (χ0v) is 10.1. The van der Waals surface area contributed by atoms with Crippen LogP contribution in [0.5, 0.6) is 0 Å². The summed E-state index contributed by atoms with van der Waals surface area (Å²) in [5.41, 5.74) is 0.623. The molecule has 0 amide bonds. The molecular weight excluding hydrogens is 200 g/mol. The number of hydrogen-bond donors (Lipinski definition) is 0. The molecule has 2 nitrogen and oxygen atoms in total. The fourth-order valence-electron chi connectivity index (χ4n) is 5.58. The lowest BCUT2D eigenvalue weighted by atomic mass is 9.43. The summed E-state index contributed by atoms with van der Waals surface area (Å²) in [5.74, 6) is 0.814. The molecule has 4 bridgehead atoms. The summed E-state index contributed by atoms with van der Waals surface area (Å²) in [6.45, 7) is 2.29. The molecule has 0 radical (unpaired) electrons. The first-order chi connectivity index (χ1) is 7.55. The maximum atomic E-state index is 11.0. The molecule has 90 valence electrons. The van der Waals surface area contributed by atoms with Crippen LogP contribution in [0.1, 0.15) is 58.3 Å². The predicted octanol–water partition coefficient (Wildman–Crippen LogP) is 2.12. The quantitative estimate of drug-likeness (QED) is 0.732. The van der Waals surface area contributed by atoms with Gasteiger partial charge in [0.15, 0.2) is 0 Å². The second-order valence-corrected chi connectivity index (χ2v) is 6.86. The molecule has 2 atom stereocenters. The molecule has 4 rings (SSSR count). The van der Waals surface area contributed by atoms with Gasteiger partial charge in [0.2, 0.25) is 0 Å². The maximum absolute atomic E-state index is 11.0. The molecule has 0 unspecified atom stereocenters. The number of rotatable bonds is 3. The van der Waals surface area contributed by atoms with E-state index in [2.05, 4.69) is 6.92 Å². The molecule has 4 saturated carbocycles. The monoisotopic (exact) mass is 221 g/mol. The van der Waals surface area contributed by atoms with Crippen molar-refractivity contribution in [2.24, 2.45) is 22.7 Å². The minimum Gasteiger partial charge on any atom is -0.550 e. The highest BCUT2D eigenvalue weighted by Gasteiger charge is 2.56. The van der Waals surface area contributed by atoms with Gasteiger partial charge in [-0.15, -0.1) is 0 Å². The van der Waals surface area contributed by atoms with E-state index in [-0.39, 0.29) is 5.41 Å². The van der Waals surface area contributed by atoms with E-state index in [1.54, 1.807) is 0 Å². The van der Waals surface area contributed by atoms with Gasteiger partial charge in [0.1, 0.15) is 0 Å². The Bertz CT molecular complexity index is 307. The molecular formula is C14H21O2-. The number of aliphatic carboxylic acids is 1. The number of carboxylic acid groups (broad SMARTS) is 1. The summed E-state index contributed by atoms with van der Waals surface area (Å²) < 4.78 is 0. The van der Waals surface area contributed by atoms with Crippen LogP contribution in [-0.2, 0) is 4.79 Å². The Labute approximate surface area is 97.4 Å². The zero-order valence-electron chi connectivity index (χ0n) is 10.1. The fourth-order valence-corrected chi connectivity index (χ4v) is 5.58. The molecule has 0 aliphatic heterocycles. The lowest BCUT2D eigenvalue weighted by molar-refractivity contribution is -0.310. The van der Waals surface area contributed by atoms with Crippen LogP contribution in [0.4, 0.5) is 0 Å². The lowest BCUT2D eigenvalue weighted by Crippen LogP contribution is -2.53. The van der Waals surface area contributed by atoms with Crippen molar-refractivity contribution < 1.29 is 9.90 Å². The summed E-state index contributed by atoms with van der Waals surface area (Å²) in [6, 6.07) is 0. The molecule has 4 fully saturated rings. The Morgan fingerprint density at radius 1 is 1.19 bits per heavy atom. The molecule has 16 heavy (non-hydrogen) atoms. The highest BCUT2D eigenvalue weighted by atomic mass is 16.4. The molecule has 0 aromatic rings. The van der Waals surface area contributed by atoms with Crippen molar-refractivity contribution in [1.29, 1.82) is 0 Å². The number of carboxylic acids is 1. The lowest BCUT2D eigenvalue weighted by Gasteiger charge is -2.62. The summed E-state index contributed by atoms with van der Waals surface area (Å²) in [4.78, 5) is 11.0. The van der Waals surface area contributed by atoms with Crippen molar-refractivity contribution >= 4 is 5.97 Å². The van der Waals surface area contributed by atoms with Gasteiger partial charge in [-0.1, -0.05) is 13.3 Å². The van der Waals surface area contributed by atoms with E-state index in [0.717, 1.165) is 18.3 Å². The summed E-state index contributed by atoms with van der Waals surface area (Å²) in [5, 5.41) is 11.0. The summed E-state index contributed by atoms with van der Waals surface area (Å²) >= 11 is 0. The second-order valence-electron chi connectivity index (χ2n) is 6.86. The van der Waals surface area contributed by atoms with Crippen LogP contribution in [0, 0.1) is 22.7 Å². The van der Waals surface area contributed by atoms with Crippen LogP contribution in [0.15, 0.2) is 0 Å². The van der Waals surface area contributed by atoms with Crippen molar-refractivity contribution in [3.63, 3.8) is 0 Å². The van der Waals surface area contributed by atoms with E-state index in [9.17, 15) is 9.90 Å². The van der Waals surface area contributed by atoms with Crippen molar-refractivity contribution in [3.05, 3.63) is 0 Å². The van der Waals surface area contributed by atoms with Crippen molar-refractivity contribution in [2.75, 3.05) is 0 Å². The van der Waals surface area contributed by atoms with Crippen molar-refractivity contribution in [3.8, 4) is 0 Å².